The minimum absolute atomic E-state index is 0.0859. The maximum absolute atomic E-state index is 12.4. The number of thiazole rings is 1. The third-order valence-corrected chi connectivity index (χ3v) is 4.30. The molecule has 1 aromatic rings. The molecule has 0 bridgehead atoms. The van der Waals surface area contributed by atoms with E-state index in [2.05, 4.69) is 10.3 Å². The molecule has 1 heterocycles. The van der Waals surface area contributed by atoms with Crippen molar-refractivity contribution in [2.45, 2.75) is 39.0 Å². The van der Waals surface area contributed by atoms with Crippen LogP contribution in [0.5, 0.6) is 0 Å². The highest BCUT2D eigenvalue weighted by Gasteiger charge is 2.36. The molecule has 1 saturated carbocycles. The van der Waals surface area contributed by atoms with Crippen molar-refractivity contribution < 1.29 is 14.3 Å². The molecule has 0 spiro atoms. The summed E-state index contributed by atoms with van der Waals surface area (Å²) in [5.74, 6) is -1.32. The largest absolute Gasteiger partial charge is 0.465 e. The van der Waals surface area contributed by atoms with Crippen molar-refractivity contribution in [1.82, 2.24) is 4.98 Å². The fourth-order valence-electron chi connectivity index (χ4n) is 2.68. The zero-order valence-corrected chi connectivity index (χ0v) is 12.4. The summed E-state index contributed by atoms with van der Waals surface area (Å²) in [6.07, 6.45) is 6.78. The van der Waals surface area contributed by atoms with Crippen LogP contribution in [0, 0.1) is 11.8 Å². The van der Waals surface area contributed by atoms with Gasteiger partial charge in [0, 0.05) is 11.6 Å². The Balaban J connectivity index is 2.07. The number of nitrogens with zero attached hydrogens (tertiary/aromatic N) is 1. The molecule has 0 aliphatic heterocycles. The van der Waals surface area contributed by atoms with Gasteiger partial charge in [-0.3, -0.25) is 9.59 Å². The lowest BCUT2D eigenvalue weighted by Gasteiger charge is -2.27. The second-order valence-electron chi connectivity index (χ2n) is 4.95. The molecule has 1 fully saturated rings. The molecular weight excluding hydrogens is 276 g/mol. The van der Waals surface area contributed by atoms with Crippen molar-refractivity contribution in [3.63, 3.8) is 0 Å². The third kappa shape index (κ3) is 3.79. The van der Waals surface area contributed by atoms with E-state index in [4.69, 9.17) is 4.74 Å². The highest BCUT2D eigenvalue weighted by atomic mass is 32.1. The summed E-state index contributed by atoms with van der Waals surface area (Å²) in [4.78, 5) is 28.5. The molecule has 1 amide bonds. The Hall–Kier alpha value is -1.43. The van der Waals surface area contributed by atoms with E-state index in [0.717, 1.165) is 25.7 Å². The van der Waals surface area contributed by atoms with Gasteiger partial charge in [0.2, 0.25) is 5.91 Å². The van der Waals surface area contributed by atoms with Gasteiger partial charge in [-0.1, -0.05) is 19.3 Å². The van der Waals surface area contributed by atoms with Crippen LogP contribution in [0.15, 0.2) is 11.6 Å². The van der Waals surface area contributed by atoms with Gasteiger partial charge in [0.25, 0.3) is 0 Å². The normalized spacial score (nSPS) is 17.4. The Morgan fingerprint density at radius 2 is 2.20 bits per heavy atom. The van der Waals surface area contributed by atoms with Gasteiger partial charge in [0.1, 0.15) is 5.92 Å². The average Bonchev–Trinajstić information content (AvgIpc) is 2.93. The van der Waals surface area contributed by atoms with E-state index in [1.807, 2.05) is 0 Å². The van der Waals surface area contributed by atoms with Crippen LogP contribution in [0.25, 0.3) is 0 Å². The third-order valence-electron chi connectivity index (χ3n) is 3.61. The number of amides is 1. The maximum atomic E-state index is 12.4. The molecule has 0 radical (unpaired) electrons. The summed E-state index contributed by atoms with van der Waals surface area (Å²) >= 11 is 1.35. The summed E-state index contributed by atoms with van der Waals surface area (Å²) in [6, 6.07) is 0. The predicted octanol–water partition coefficient (Wildman–Crippen LogP) is 2.84. The number of hydrogen-bond donors (Lipinski definition) is 1. The lowest BCUT2D eigenvalue weighted by molar-refractivity contribution is -0.153. The van der Waals surface area contributed by atoms with Gasteiger partial charge in [-0.05, 0) is 25.7 Å². The topological polar surface area (TPSA) is 68.3 Å². The van der Waals surface area contributed by atoms with Crippen LogP contribution >= 0.6 is 11.3 Å². The SMILES string of the molecule is CCOC(=O)[C@@H](C(=O)Nc1nccs1)C1CCCCC1. The molecule has 110 valence electrons. The second kappa shape index (κ2) is 7.38. The Morgan fingerprint density at radius 3 is 2.80 bits per heavy atom. The first-order valence-electron chi connectivity index (χ1n) is 7.09. The maximum Gasteiger partial charge on any atom is 0.318 e. The van der Waals surface area contributed by atoms with Gasteiger partial charge >= 0.3 is 5.97 Å². The highest BCUT2D eigenvalue weighted by Crippen LogP contribution is 2.31. The van der Waals surface area contributed by atoms with Crippen LogP contribution in [0.4, 0.5) is 5.13 Å². The number of anilines is 1. The first-order chi connectivity index (χ1) is 9.72. The van der Waals surface area contributed by atoms with Crippen LogP contribution in [0.2, 0.25) is 0 Å². The van der Waals surface area contributed by atoms with Gasteiger partial charge in [0.05, 0.1) is 6.61 Å². The number of carbonyl (C=O) groups excluding carboxylic acids is 2. The molecule has 5 nitrogen and oxygen atoms in total. The molecule has 1 aliphatic carbocycles. The molecule has 1 N–H and O–H groups in total. The molecule has 0 unspecified atom stereocenters. The predicted molar refractivity (Wildman–Crippen MR) is 77.4 cm³/mol. The van der Waals surface area contributed by atoms with Gasteiger partial charge in [-0.2, -0.15) is 0 Å². The average molecular weight is 296 g/mol. The van der Waals surface area contributed by atoms with Crippen molar-refractivity contribution in [1.29, 1.82) is 0 Å². The minimum Gasteiger partial charge on any atom is -0.465 e. The first-order valence-corrected chi connectivity index (χ1v) is 7.97. The zero-order valence-electron chi connectivity index (χ0n) is 11.6. The lowest BCUT2D eigenvalue weighted by Crippen LogP contribution is -2.37. The number of ether oxygens (including phenoxy) is 1. The molecule has 1 aromatic heterocycles. The highest BCUT2D eigenvalue weighted by molar-refractivity contribution is 7.13. The van der Waals surface area contributed by atoms with Gasteiger partial charge in [0.15, 0.2) is 5.13 Å². The Labute approximate surface area is 122 Å². The van der Waals surface area contributed by atoms with Crippen LogP contribution in [0.3, 0.4) is 0 Å². The minimum atomic E-state index is -0.709. The van der Waals surface area contributed by atoms with Gasteiger partial charge in [-0.15, -0.1) is 11.3 Å². The Kier molecular flexibility index (Phi) is 5.52. The molecule has 1 atom stereocenters. The van der Waals surface area contributed by atoms with Crippen molar-refractivity contribution in [2.75, 3.05) is 11.9 Å². The molecule has 0 saturated heterocycles. The smallest absolute Gasteiger partial charge is 0.318 e. The number of nitrogens with one attached hydrogen (secondary N) is 1. The van der Waals surface area contributed by atoms with E-state index >= 15 is 0 Å². The second-order valence-corrected chi connectivity index (χ2v) is 5.85. The zero-order chi connectivity index (χ0) is 14.4. The number of carbonyl (C=O) groups is 2. The van der Waals surface area contributed by atoms with E-state index in [1.54, 1.807) is 18.5 Å². The van der Waals surface area contributed by atoms with Crippen molar-refractivity contribution in [2.24, 2.45) is 11.8 Å². The van der Waals surface area contributed by atoms with E-state index < -0.39 is 11.9 Å². The summed E-state index contributed by atoms with van der Waals surface area (Å²) in [7, 11) is 0. The number of aromatic nitrogens is 1. The van der Waals surface area contributed by atoms with Crippen LogP contribution in [-0.4, -0.2) is 23.5 Å². The van der Waals surface area contributed by atoms with Crippen LogP contribution in [-0.2, 0) is 14.3 Å². The van der Waals surface area contributed by atoms with E-state index in [1.165, 1.54) is 17.8 Å². The van der Waals surface area contributed by atoms with E-state index in [0.29, 0.717) is 11.7 Å². The Morgan fingerprint density at radius 1 is 1.45 bits per heavy atom. The van der Waals surface area contributed by atoms with E-state index in [9.17, 15) is 9.59 Å². The summed E-state index contributed by atoms with van der Waals surface area (Å²) in [5, 5.41) is 5.04. The fraction of sp³-hybridized carbons (Fsp3) is 0.643. The number of rotatable bonds is 5. The standard InChI is InChI=1S/C14H20N2O3S/c1-2-19-13(18)11(10-6-4-3-5-7-10)12(17)16-14-15-8-9-20-14/h8-11H,2-7H2,1H3,(H,15,16,17)/t11-/m1/s1. The fourth-order valence-corrected chi connectivity index (χ4v) is 3.21. The van der Waals surface area contributed by atoms with Crippen molar-refractivity contribution in [3.8, 4) is 0 Å². The molecule has 0 aromatic carbocycles. The molecule has 2 rings (SSSR count). The molecule has 20 heavy (non-hydrogen) atoms. The van der Waals surface area contributed by atoms with Crippen LogP contribution in [0.1, 0.15) is 39.0 Å². The molecule has 1 aliphatic rings. The number of esters is 1. The number of hydrogen-bond acceptors (Lipinski definition) is 5. The molecule has 6 heteroatoms. The van der Waals surface area contributed by atoms with Gasteiger partial charge < -0.3 is 10.1 Å². The Bertz CT molecular complexity index is 441. The van der Waals surface area contributed by atoms with Crippen molar-refractivity contribution >= 4 is 28.3 Å². The lowest BCUT2D eigenvalue weighted by atomic mass is 9.79. The molecular formula is C14H20N2O3S. The quantitative estimate of drug-likeness (QED) is 0.670. The summed E-state index contributed by atoms with van der Waals surface area (Å²) in [5.41, 5.74) is 0. The first kappa shape index (κ1) is 15.0. The summed E-state index contributed by atoms with van der Waals surface area (Å²) < 4.78 is 5.08. The van der Waals surface area contributed by atoms with Crippen molar-refractivity contribution in [3.05, 3.63) is 11.6 Å². The van der Waals surface area contributed by atoms with Crippen LogP contribution < -0.4 is 5.32 Å². The summed E-state index contributed by atoms with van der Waals surface area (Å²) in [6.45, 7) is 2.06. The van der Waals surface area contributed by atoms with E-state index in [-0.39, 0.29) is 11.8 Å². The van der Waals surface area contributed by atoms with Gasteiger partial charge in [-0.25, -0.2) is 4.98 Å². The monoisotopic (exact) mass is 296 g/mol.